The fourth-order valence-corrected chi connectivity index (χ4v) is 8.67. The zero-order valence-corrected chi connectivity index (χ0v) is 20.4. The van der Waals surface area contributed by atoms with E-state index < -0.39 is 17.5 Å². The molecular formula is C26H34FN3O2S. The summed E-state index contributed by atoms with van der Waals surface area (Å²) in [6.45, 7) is 6.04. The Kier molecular flexibility index (Phi) is 5.05. The van der Waals surface area contributed by atoms with E-state index in [1.807, 2.05) is 31.4 Å². The van der Waals surface area contributed by atoms with Crippen molar-refractivity contribution in [3.8, 4) is 11.3 Å². The number of hydrogen-bond acceptors (Lipinski definition) is 4. The van der Waals surface area contributed by atoms with Crippen molar-refractivity contribution in [1.82, 2.24) is 14.3 Å². The van der Waals surface area contributed by atoms with Crippen molar-refractivity contribution in [2.75, 3.05) is 0 Å². The van der Waals surface area contributed by atoms with Gasteiger partial charge >= 0.3 is 0 Å². The van der Waals surface area contributed by atoms with Gasteiger partial charge in [-0.05, 0) is 88.5 Å². The lowest BCUT2D eigenvalue weighted by Gasteiger charge is -2.61. The van der Waals surface area contributed by atoms with E-state index in [-0.39, 0.29) is 28.1 Å². The number of hydrogen-bond donors (Lipinski definition) is 2. The second kappa shape index (κ2) is 7.54. The number of imidazole rings is 1. The van der Waals surface area contributed by atoms with Gasteiger partial charge in [-0.25, -0.2) is 9.37 Å². The average molecular weight is 472 g/mol. The molecule has 5 nitrogen and oxygen atoms in total. The van der Waals surface area contributed by atoms with E-state index in [9.17, 15) is 14.0 Å². The number of benzene rings is 1. The first-order valence-electron chi connectivity index (χ1n) is 12.3. The first-order chi connectivity index (χ1) is 15.7. The number of aliphatic hydroxyl groups is 1. The minimum atomic E-state index is -1.08. The molecule has 0 radical (unpaired) electrons. The molecule has 4 aliphatic carbocycles. The van der Waals surface area contributed by atoms with Crippen molar-refractivity contribution in [1.29, 1.82) is 0 Å². The van der Waals surface area contributed by atoms with E-state index >= 15 is 0 Å². The zero-order valence-electron chi connectivity index (χ0n) is 19.6. The molecule has 2 heterocycles. The van der Waals surface area contributed by atoms with Gasteiger partial charge in [-0.1, -0.05) is 12.1 Å². The van der Waals surface area contributed by atoms with Crippen molar-refractivity contribution < 1.29 is 14.0 Å². The second-order valence-electron chi connectivity index (χ2n) is 12.0. The van der Waals surface area contributed by atoms with Crippen LogP contribution in [0.15, 0.2) is 30.7 Å². The van der Waals surface area contributed by atoms with Crippen LogP contribution >= 0.6 is 0 Å². The Bertz CT molecular complexity index is 1050. The number of halogens is 1. The van der Waals surface area contributed by atoms with Crippen LogP contribution in [0.2, 0.25) is 0 Å². The summed E-state index contributed by atoms with van der Waals surface area (Å²) in [5.74, 6) is 1.34. The maximum absolute atomic E-state index is 14.9. The van der Waals surface area contributed by atoms with Gasteiger partial charge in [-0.15, -0.1) is 4.72 Å². The molecule has 0 saturated heterocycles. The van der Waals surface area contributed by atoms with E-state index in [1.54, 1.807) is 18.6 Å². The lowest BCUT2D eigenvalue weighted by Crippen LogP contribution is -2.63. The molecule has 0 amide bonds. The molecule has 1 aromatic carbocycles. The predicted molar refractivity (Wildman–Crippen MR) is 127 cm³/mol. The van der Waals surface area contributed by atoms with Crippen LogP contribution in [0.5, 0.6) is 0 Å². The Balaban J connectivity index is 1.25. The molecule has 5 atom stereocenters. The van der Waals surface area contributed by atoms with Crippen molar-refractivity contribution in [2.24, 2.45) is 23.2 Å². The molecule has 2 N–H and O–H groups in total. The highest BCUT2D eigenvalue weighted by Gasteiger charge is 2.59. The normalized spacial score (nSPS) is 36.0. The standard InChI is InChI=1S/C26H34FN3O2S/c1-25(2,3)33(32)29-24-16-7-15-8-17(24)12-26(10-15,11-16)22(31)9-20-23-18(5-4-6-19(23)27)21-13-28-14-30(20)21/h4-6,13-17,20,22,24,29,31H,7-12H2,1-3H3. The third kappa shape index (κ3) is 3.41. The SMILES string of the molecule is CC(C)(C)[S+]([O-])NC1C2CC3CC1CC(C(O)CC1c4c(F)cccc4-c4cncn41)(C3)C2. The highest BCUT2D eigenvalue weighted by atomic mass is 32.2. The molecule has 7 rings (SSSR count). The Morgan fingerprint density at radius 2 is 2.00 bits per heavy atom. The second-order valence-corrected chi connectivity index (χ2v) is 14.0. The molecule has 178 valence electrons. The molecule has 4 fully saturated rings. The summed E-state index contributed by atoms with van der Waals surface area (Å²) in [5, 5.41) is 11.7. The number of fused-ring (bicyclic) bond motifs is 3. The van der Waals surface area contributed by atoms with Gasteiger partial charge < -0.3 is 14.2 Å². The third-order valence-corrected chi connectivity index (χ3v) is 10.5. The van der Waals surface area contributed by atoms with Crippen LogP contribution in [-0.4, -0.2) is 36.1 Å². The van der Waals surface area contributed by atoms with Gasteiger partial charge in [-0.2, -0.15) is 0 Å². The fraction of sp³-hybridized carbons (Fsp3) is 0.654. The van der Waals surface area contributed by atoms with Crippen LogP contribution in [0, 0.1) is 29.0 Å². The van der Waals surface area contributed by atoms with Gasteiger partial charge in [0, 0.05) is 22.5 Å². The summed E-state index contributed by atoms with van der Waals surface area (Å²) >= 11 is -1.08. The zero-order chi connectivity index (χ0) is 23.1. The number of nitrogens with zero attached hydrogens (tertiary/aromatic N) is 2. The molecular weight excluding hydrogens is 437 g/mol. The monoisotopic (exact) mass is 471 g/mol. The maximum atomic E-state index is 14.9. The van der Waals surface area contributed by atoms with Crippen molar-refractivity contribution in [3.63, 3.8) is 0 Å². The molecule has 7 heteroatoms. The Morgan fingerprint density at radius 1 is 1.27 bits per heavy atom. The molecule has 1 aliphatic heterocycles. The topological polar surface area (TPSA) is 73.1 Å². The van der Waals surface area contributed by atoms with Gasteiger partial charge in [0.25, 0.3) is 0 Å². The third-order valence-electron chi connectivity index (χ3n) is 8.94. The summed E-state index contributed by atoms with van der Waals surface area (Å²) in [6, 6.07) is 5.28. The van der Waals surface area contributed by atoms with Gasteiger partial charge in [-0.3, -0.25) is 0 Å². The molecule has 4 bridgehead atoms. The quantitative estimate of drug-likeness (QED) is 0.626. The van der Waals surface area contributed by atoms with Crippen molar-refractivity contribution >= 4 is 11.4 Å². The van der Waals surface area contributed by atoms with Gasteiger partial charge in [0.1, 0.15) is 10.6 Å². The smallest absolute Gasteiger partial charge is 0.136 e. The van der Waals surface area contributed by atoms with Crippen LogP contribution in [0.25, 0.3) is 11.3 Å². The summed E-state index contributed by atoms with van der Waals surface area (Å²) in [6.07, 6.45) is 8.90. The molecule has 5 unspecified atom stereocenters. The minimum Gasteiger partial charge on any atom is -0.598 e. The highest BCUT2D eigenvalue weighted by molar-refractivity contribution is 7.90. The Labute approximate surface area is 198 Å². The van der Waals surface area contributed by atoms with Crippen LogP contribution < -0.4 is 4.72 Å². The van der Waals surface area contributed by atoms with Crippen molar-refractivity contribution in [2.45, 2.75) is 82.2 Å². The fourth-order valence-electron chi connectivity index (χ4n) is 7.68. The first-order valence-corrected chi connectivity index (χ1v) is 13.5. The number of aliphatic hydroxyl groups excluding tert-OH is 1. The maximum Gasteiger partial charge on any atom is 0.136 e. The molecule has 4 saturated carbocycles. The van der Waals surface area contributed by atoms with E-state index in [0.29, 0.717) is 29.7 Å². The number of rotatable bonds is 5. The molecule has 1 aromatic heterocycles. The van der Waals surface area contributed by atoms with E-state index in [0.717, 1.165) is 43.4 Å². The van der Waals surface area contributed by atoms with Crippen molar-refractivity contribution in [3.05, 3.63) is 42.1 Å². The number of aromatic nitrogens is 2. The molecule has 0 spiro atoms. The molecule has 5 aliphatic rings. The molecule has 2 aromatic rings. The van der Waals surface area contributed by atoms with Gasteiger partial charge in [0.05, 0.1) is 36.4 Å². The Hall–Kier alpha value is -1.41. The van der Waals surface area contributed by atoms with Gasteiger partial charge in [0.2, 0.25) is 0 Å². The largest absolute Gasteiger partial charge is 0.598 e. The lowest BCUT2D eigenvalue weighted by molar-refractivity contribution is -0.134. The first kappa shape index (κ1) is 22.1. The molecule has 33 heavy (non-hydrogen) atoms. The predicted octanol–water partition coefficient (Wildman–Crippen LogP) is 4.59. The van der Waals surface area contributed by atoms with E-state index in [4.69, 9.17) is 0 Å². The minimum absolute atomic E-state index is 0.118. The van der Waals surface area contributed by atoms with Crippen LogP contribution in [0.4, 0.5) is 4.39 Å². The summed E-state index contributed by atoms with van der Waals surface area (Å²) in [5.41, 5.74) is 2.40. The van der Waals surface area contributed by atoms with E-state index in [1.165, 1.54) is 6.07 Å². The van der Waals surface area contributed by atoms with E-state index in [2.05, 4.69) is 9.71 Å². The lowest BCUT2D eigenvalue weighted by atomic mass is 9.46. The highest BCUT2D eigenvalue weighted by Crippen LogP contribution is 2.62. The summed E-state index contributed by atoms with van der Waals surface area (Å²) < 4.78 is 33.0. The van der Waals surface area contributed by atoms with Crippen LogP contribution in [0.1, 0.15) is 70.9 Å². The average Bonchev–Trinajstić information content (AvgIpc) is 3.32. The summed E-state index contributed by atoms with van der Waals surface area (Å²) in [4.78, 5) is 4.30. The summed E-state index contributed by atoms with van der Waals surface area (Å²) in [7, 11) is 0. The number of nitrogens with one attached hydrogen (secondary N) is 1. The Morgan fingerprint density at radius 3 is 2.70 bits per heavy atom. The van der Waals surface area contributed by atoms with Gasteiger partial charge in [0.15, 0.2) is 0 Å². The van der Waals surface area contributed by atoms with Crippen LogP contribution in [0.3, 0.4) is 0 Å². The van der Waals surface area contributed by atoms with Crippen LogP contribution in [-0.2, 0) is 11.4 Å².